The second-order valence-electron chi connectivity index (χ2n) is 6.54. The molecule has 0 saturated carbocycles. The number of hydrogen-bond donors (Lipinski definition) is 2. The topological polar surface area (TPSA) is 58.1 Å². The Morgan fingerprint density at radius 1 is 1.11 bits per heavy atom. The Morgan fingerprint density at radius 2 is 1.86 bits per heavy atom. The van der Waals surface area contributed by atoms with Gasteiger partial charge < -0.3 is 25.0 Å². The van der Waals surface area contributed by atoms with E-state index in [1.807, 2.05) is 0 Å². The molecule has 6 nitrogen and oxygen atoms in total. The van der Waals surface area contributed by atoms with Crippen molar-refractivity contribution in [3.8, 4) is 5.75 Å². The van der Waals surface area contributed by atoms with Gasteiger partial charge in [-0.15, -0.1) is 24.0 Å². The summed E-state index contributed by atoms with van der Waals surface area (Å²) in [6.45, 7) is 12.7. The van der Waals surface area contributed by atoms with Gasteiger partial charge >= 0.3 is 0 Å². The highest BCUT2D eigenvalue weighted by Crippen LogP contribution is 2.20. The molecule has 0 saturated heterocycles. The lowest BCUT2D eigenvalue weighted by Crippen LogP contribution is -2.38. The molecule has 1 aromatic rings. The second-order valence-corrected chi connectivity index (χ2v) is 6.54. The summed E-state index contributed by atoms with van der Waals surface area (Å²) < 4.78 is 11.0. The average molecular weight is 506 g/mol. The normalized spacial score (nSPS) is 11.3. The van der Waals surface area contributed by atoms with E-state index in [0.29, 0.717) is 19.8 Å². The Morgan fingerprint density at radius 3 is 2.50 bits per heavy atom. The first-order chi connectivity index (χ1) is 13.1. The van der Waals surface area contributed by atoms with E-state index in [4.69, 9.17) is 9.47 Å². The predicted molar refractivity (Wildman–Crippen MR) is 129 cm³/mol. The number of benzene rings is 1. The maximum Gasteiger partial charge on any atom is 0.191 e. The molecule has 0 bridgehead atoms. The number of aliphatic imine (C=N–C) groups is 1. The SMILES string of the molecule is CCN(CC)CCCNC(=NC)NCc1ccc(C)cc1OCCCOC.I. The summed E-state index contributed by atoms with van der Waals surface area (Å²) in [6.07, 6.45) is 1.98. The van der Waals surface area contributed by atoms with Crippen molar-refractivity contribution in [2.24, 2.45) is 4.99 Å². The summed E-state index contributed by atoms with van der Waals surface area (Å²) >= 11 is 0. The summed E-state index contributed by atoms with van der Waals surface area (Å²) in [7, 11) is 3.51. The molecule has 0 fully saturated rings. The highest BCUT2D eigenvalue weighted by molar-refractivity contribution is 14.0. The minimum atomic E-state index is 0. The number of guanidine groups is 1. The molecule has 0 radical (unpaired) electrons. The molecule has 2 N–H and O–H groups in total. The maximum atomic E-state index is 5.95. The molecule has 0 amide bonds. The maximum absolute atomic E-state index is 5.95. The van der Waals surface area contributed by atoms with Crippen LogP contribution in [0.1, 0.15) is 37.8 Å². The molecular weight excluding hydrogens is 467 g/mol. The van der Waals surface area contributed by atoms with Gasteiger partial charge in [0.2, 0.25) is 0 Å². The molecule has 28 heavy (non-hydrogen) atoms. The number of halogens is 1. The predicted octanol–water partition coefficient (Wildman–Crippen LogP) is 3.43. The number of nitrogens with one attached hydrogen (secondary N) is 2. The fraction of sp³-hybridized carbons (Fsp3) is 0.667. The van der Waals surface area contributed by atoms with E-state index in [2.05, 4.69) is 59.5 Å². The van der Waals surface area contributed by atoms with Gasteiger partial charge in [0.25, 0.3) is 0 Å². The summed E-state index contributed by atoms with van der Waals surface area (Å²) in [6, 6.07) is 6.31. The molecule has 0 aliphatic heterocycles. The van der Waals surface area contributed by atoms with Crippen molar-refractivity contribution in [3.63, 3.8) is 0 Å². The lowest BCUT2D eigenvalue weighted by Gasteiger charge is -2.19. The number of aryl methyl sites for hydroxylation is 1. The number of ether oxygens (including phenoxy) is 2. The van der Waals surface area contributed by atoms with Crippen molar-refractivity contribution in [2.75, 3.05) is 53.6 Å². The van der Waals surface area contributed by atoms with Crippen LogP contribution in [-0.2, 0) is 11.3 Å². The Bertz CT molecular complexity index is 551. The molecular formula is C21H39IN4O2. The minimum Gasteiger partial charge on any atom is -0.493 e. The largest absolute Gasteiger partial charge is 0.493 e. The fourth-order valence-corrected chi connectivity index (χ4v) is 2.78. The zero-order valence-corrected chi connectivity index (χ0v) is 20.5. The highest BCUT2D eigenvalue weighted by Gasteiger charge is 2.06. The molecule has 0 unspecified atom stereocenters. The van der Waals surface area contributed by atoms with E-state index in [9.17, 15) is 0 Å². The minimum absolute atomic E-state index is 0. The molecule has 0 aromatic heterocycles. The van der Waals surface area contributed by atoms with E-state index in [1.54, 1.807) is 14.2 Å². The standard InChI is InChI=1S/C21H38N4O2.HI/c1-6-25(7-2)13-8-12-23-21(22-4)24-17-19-11-10-18(3)16-20(19)27-15-9-14-26-5;/h10-11,16H,6-9,12-15,17H2,1-5H3,(H2,22,23,24);1H. The average Bonchev–Trinajstić information content (AvgIpc) is 2.68. The van der Waals surface area contributed by atoms with Crippen LogP contribution in [0.15, 0.2) is 23.2 Å². The summed E-state index contributed by atoms with van der Waals surface area (Å²) in [5.41, 5.74) is 2.32. The first kappa shape index (κ1) is 26.9. The number of hydrogen-bond acceptors (Lipinski definition) is 4. The molecule has 0 spiro atoms. The van der Waals surface area contributed by atoms with Crippen LogP contribution in [0.5, 0.6) is 5.75 Å². The van der Waals surface area contributed by atoms with Crippen LogP contribution in [0.25, 0.3) is 0 Å². The van der Waals surface area contributed by atoms with Crippen LogP contribution >= 0.6 is 24.0 Å². The summed E-state index contributed by atoms with van der Waals surface area (Å²) in [5.74, 6) is 1.75. The second kappa shape index (κ2) is 16.9. The number of methoxy groups -OCH3 is 1. The first-order valence-corrected chi connectivity index (χ1v) is 10.0. The van der Waals surface area contributed by atoms with Crippen molar-refractivity contribution in [3.05, 3.63) is 29.3 Å². The van der Waals surface area contributed by atoms with E-state index >= 15 is 0 Å². The van der Waals surface area contributed by atoms with Gasteiger partial charge in [-0.3, -0.25) is 4.99 Å². The van der Waals surface area contributed by atoms with E-state index in [1.165, 1.54) is 5.56 Å². The Balaban J connectivity index is 0.00000729. The highest BCUT2D eigenvalue weighted by atomic mass is 127. The quantitative estimate of drug-likeness (QED) is 0.186. The Hall–Kier alpha value is -1.06. The van der Waals surface area contributed by atoms with Crippen LogP contribution in [0.2, 0.25) is 0 Å². The molecule has 0 heterocycles. The van der Waals surface area contributed by atoms with Crippen molar-refractivity contribution in [1.29, 1.82) is 0 Å². The zero-order chi connectivity index (χ0) is 19.9. The number of rotatable bonds is 13. The van der Waals surface area contributed by atoms with Crippen LogP contribution in [-0.4, -0.2) is 64.4 Å². The smallest absolute Gasteiger partial charge is 0.191 e. The molecule has 1 aromatic carbocycles. The van der Waals surface area contributed by atoms with Gasteiger partial charge in [0.15, 0.2) is 5.96 Å². The fourth-order valence-electron chi connectivity index (χ4n) is 2.78. The molecule has 7 heteroatoms. The van der Waals surface area contributed by atoms with Crippen molar-refractivity contribution in [2.45, 2.75) is 40.2 Å². The monoisotopic (exact) mass is 506 g/mol. The lowest BCUT2D eigenvalue weighted by atomic mass is 10.1. The Labute approximate surface area is 188 Å². The van der Waals surface area contributed by atoms with Crippen LogP contribution in [0, 0.1) is 6.92 Å². The third kappa shape index (κ3) is 11.1. The molecule has 0 atom stereocenters. The van der Waals surface area contributed by atoms with Crippen LogP contribution in [0.4, 0.5) is 0 Å². The molecule has 0 aliphatic rings. The van der Waals surface area contributed by atoms with E-state index in [-0.39, 0.29) is 24.0 Å². The van der Waals surface area contributed by atoms with Gasteiger partial charge in [-0.2, -0.15) is 0 Å². The molecule has 1 rings (SSSR count). The van der Waals surface area contributed by atoms with Gasteiger partial charge in [-0.1, -0.05) is 26.0 Å². The summed E-state index contributed by atoms with van der Waals surface area (Å²) in [5, 5.41) is 6.77. The third-order valence-corrected chi connectivity index (χ3v) is 4.48. The Kier molecular flexibility index (Phi) is 16.2. The number of nitrogens with zero attached hydrogens (tertiary/aromatic N) is 2. The van der Waals surface area contributed by atoms with Crippen LogP contribution < -0.4 is 15.4 Å². The van der Waals surface area contributed by atoms with Crippen molar-refractivity contribution in [1.82, 2.24) is 15.5 Å². The third-order valence-electron chi connectivity index (χ3n) is 4.48. The first-order valence-electron chi connectivity index (χ1n) is 10.0. The van der Waals surface area contributed by atoms with Crippen LogP contribution in [0.3, 0.4) is 0 Å². The zero-order valence-electron chi connectivity index (χ0n) is 18.2. The van der Waals surface area contributed by atoms with Crippen molar-refractivity contribution >= 4 is 29.9 Å². The molecule has 162 valence electrons. The summed E-state index contributed by atoms with van der Waals surface area (Å²) in [4.78, 5) is 6.75. The van der Waals surface area contributed by atoms with Gasteiger partial charge in [0.1, 0.15) is 5.75 Å². The molecule has 0 aliphatic carbocycles. The van der Waals surface area contributed by atoms with Gasteiger partial charge in [0.05, 0.1) is 6.61 Å². The van der Waals surface area contributed by atoms with Gasteiger partial charge in [-0.25, -0.2) is 0 Å². The van der Waals surface area contributed by atoms with E-state index in [0.717, 1.165) is 56.3 Å². The van der Waals surface area contributed by atoms with Gasteiger partial charge in [-0.05, 0) is 44.6 Å². The van der Waals surface area contributed by atoms with Crippen molar-refractivity contribution < 1.29 is 9.47 Å². The van der Waals surface area contributed by atoms with E-state index < -0.39 is 0 Å². The lowest BCUT2D eigenvalue weighted by molar-refractivity contribution is 0.172. The van der Waals surface area contributed by atoms with Gasteiger partial charge in [0, 0.05) is 45.8 Å².